The molecule has 0 aromatic carbocycles. The predicted octanol–water partition coefficient (Wildman–Crippen LogP) is 2.26. The maximum Gasteiger partial charge on any atom is 0.251 e. The maximum absolute atomic E-state index is 12.4. The molecule has 4 saturated carbocycles. The highest BCUT2D eigenvalue weighted by molar-refractivity contribution is 7.99. The smallest absolute Gasteiger partial charge is 0.251 e. The molecule has 4 bridgehead atoms. The van der Waals surface area contributed by atoms with E-state index in [1.165, 1.54) is 37.1 Å². The lowest BCUT2D eigenvalue weighted by molar-refractivity contribution is -0.124. The van der Waals surface area contributed by atoms with Gasteiger partial charge in [0.25, 0.3) is 5.56 Å². The quantitative estimate of drug-likeness (QED) is 0.655. The molecule has 0 spiro atoms. The second-order valence-electron chi connectivity index (χ2n) is 7.73. The van der Waals surface area contributed by atoms with Gasteiger partial charge in [-0.25, -0.2) is 4.98 Å². The zero-order valence-electron chi connectivity index (χ0n) is 13.4. The predicted molar refractivity (Wildman–Crippen MR) is 89.4 cm³/mol. The van der Waals surface area contributed by atoms with Crippen molar-refractivity contribution in [2.24, 2.45) is 17.8 Å². The molecule has 0 saturated heterocycles. The van der Waals surface area contributed by atoms with Gasteiger partial charge in [-0.1, -0.05) is 11.8 Å². The van der Waals surface area contributed by atoms with E-state index >= 15 is 0 Å². The highest BCUT2D eigenvalue weighted by Crippen LogP contribution is 2.55. The third-order valence-electron chi connectivity index (χ3n) is 5.63. The topological polar surface area (TPSA) is 74.8 Å². The fraction of sp³-hybridized carbons (Fsp3) is 0.706. The average molecular weight is 333 g/mol. The third-order valence-corrected chi connectivity index (χ3v) is 6.50. The van der Waals surface area contributed by atoms with Crippen molar-refractivity contribution in [3.63, 3.8) is 0 Å². The molecule has 4 aliphatic carbocycles. The lowest BCUT2D eigenvalue weighted by Gasteiger charge is -2.56. The van der Waals surface area contributed by atoms with Crippen molar-refractivity contribution in [3.05, 3.63) is 22.1 Å². The van der Waals surface area contributed by atoms with Crippen LogP contribution < -0.4 is 10.9 Å². The molecule has 23 heavy (non-hydrogen) atoms. The first-order valence-corrected chi connectivity index (χ1v) is 9.50. The summed E-state index contributed by atoms with van der Waals surface area (Å²) in [5, 5.41) is 3.87. The van der Waals surface area contributed by atoms with Gasteiger partial charge in [0.2, 0.25) is 5.91 Å². The number of aryl methyl sites for hydroxylation is 1. The number of aromatic nitrogens is 2. The Hall–Kier alpha value is -1.30. The molecule has 5 rings (SSSR count). The molecule has 2 N–H and O–H groups in total. The van der Waals surface area contributed by atoms with Crippen molar-refractivity contribution in [2.75, 3.05) is 5.75 Å². The third kappa shape index (κ3) is 3.18. The van der Waals surface area contributed by atoms with E-state index in [0.717, 1.165) is 37.0 Å². The highest BCUT2D eigenvalue weighted by Gasteiger charge is 2.51. The number of nitrogens with one attached hydrogen (secondary N) is 2. The van der Waals surface area contributed by atoms with Crippen LogP contribution in [0, 0.1) is 24.7 Å². The molecule has 0 unspecified atom stereocenters. The van der Waals surface area contributed by atoms with E-state index in [4.69, 9.17) is 0 Å². The first-order valence-electron chi connectivity index (χ1n) is 8.51. The summed E-state index contributed by atoms with van der Waals surface area (Å²) in [5.74, 6) is 2.85. The molecular weight excluding hydrogens is 310 g/mol. The SMILES string of the molecule is Cc1cc(=O)[nH]c(SCC(=O)NC23CC4CC(CC(C4)C2)C3)n1. The van der Waals surface area contributed by atoms with Crippen LogP contribution in [-0.2, 0) is 4.79 Å². The second kappa shape index (κ2) is 5.65. The molecule has 0 atom stereocenters. The molecule has 4 aliphatic rings. The van der Waals surface area contributed by atoms with Gasteiger partial charge in [-0.05, 0) is 63.2 Å². The summed E-state index contributed by atoms with van der Waals surface area (Å²) in [6.45, 7) is 1.79. The van der Waals surface area contributed by atoms with Crippen LogP contribution in [0.5, 0.6) is 0 Å². The van der Waals surface area contributed by atoms with Gasteiger partial charge in [0.15, 0.2) is 5.16 Å². The van der Waals surface area contributed by atoms with E-state index in [1.54, 1.807) is 6.92 Å². The van der Waals surface area contributed by atoms with Crippen molar-refractivity contribution in [3.8, 4) is 0 Å². The van der Waals surface area contributed by atoms with Crippen LogP contribution in [0.1, 0.15) is 44.2 Å². The summed E-state index contributed by atoms with van der Waals surface area (Å²) in [6, 6.07) is 1.46. The molecular formula is C17H23N3O2S. The average Bonchev–Trinajstić information content (AvgIpc) is 2.42. The van der Waals surface area contributed by atoms with Gasteiger partial charge in [0.05, 0.1) is 5.75 Å². The molecule has 6 heteroatoms. The van der Waals surface area contributed by atoms with Crippen LogP contribution in [0.2, 0.25) is 0 Å². The Labute approximate surface area is 140 Å². The zero-order chi connectivity index (χ0) is 16.0. The van der Waals surface area contributed by atoms with E-state index in [1.807, 2.05) is 0 Å². The molecule has 4 fully saturated rings. The number of carbonyl (C=O) groups excluding carboxylic acids is 1. The summed E-state index contributed by atoms with van der Waals surface area (Å²) < 4.78 is 0. The number of H-pyrrole nitrogens is 1. The summed E-state index contributed by atoms with van der Waals surface area (Å²) in [5.41, 5.74) is 0.569. The van der Waals surface area contributed by atoms with Crippen LogP contribution in [0.3, 0.4) is 0 Å². The van der Waals surface area contributed by atoms with Crippen molar-refractivity contribution < 1.29 is 4.79 Å². The summed E-state index contributed by atoms with van der Waals surface area (Å²) in [6.07, 6.45) is 7.60. The van der Waals surface area contributed by atoms with Gasteiger partial charge in [-0.3, -0.25) is 9.59 Å². The standard InChI is InChI=1S/C17H23N3O2S/c1-10-2-14(21)19-16(18-10)23-9-15(22)20-17-6-11-3-12(7-17)5-13(4-11)8-17/h2,11-13H,3-9H2,1H3,(H,20,22)(H,18,19,21). The molecule has 5 nitrogen and oxygen atoms in total. The lowest BCUT2D eigenvalue weighted by Crippen LogP contribution is -2.60. The summed E-state index contributed by atoms with van der Waals surface area (Å²) >= 11 is 1.31. The minimum Gasteiger partial charge on any atom is -0.350 e. The van der Waals surface area contributed by atoms with Crippen molar-refractivity contribution >= 4 is 17.7 Å². The first kappa shape index (κ1) is 15.2. The molecule has 124 valence electrons. The van der Waals surface area contributed by atoms with E-state index in [2.05, 4.69) is 15.3 Å². The van der Waals surface area contributed by atoms with Crippen LogP contribution >= 0.6 is 11.8 Å². The summed E-state index contributed by atoms with van der Waals surface area (Å²) in [4.78, 5) is 30.8. The highest BCUT2D eigenvalue weighted by atomic mass is 32.2. The number of hydrogen-bond acceptors (Lipinski definition) is 4. The van der Waals surface area contributed by atoms with Crippen molar-refractivity contribution in [1.82, 2.24) is 15.3 Å². The largest absolute Gasteiger partial charge is 0.350 e. The van der Waals surface area contributed by atoms with Gasteiger partial charge < -0.3 is 10.3 Å². The lowest BCUT2D eigenvalue weighted by atomic mass is 9.53. The minimum absolute atomic E-state index is 0.0554. The number of nitrogens with zero attached hydrogens (tertiary/aromatic N) is 1. The number of amides is 1. The van der Waals surface area contributed by atoms with Gasteiger partial charge in [0, 0.05) is 17.3 Å². The Morgan fingerprint density at radius 2 is 1.91 bits per heavy atom. The number of aromatic amines is 1. The van der Waals surface area contributed by atoms with Crippen LogP contribution in [0.15, 0.2) is 16.0 Å². The second-order valence-corrected chi connectivity index (χ2v) is 8.69. The fourth-order valence-electron chi connectivity index (χ4n) is 5.35. The Morgan fingerprint density at radius 1 is 1.30 bits per heavy atom. The Kier molecular flexibility index (Phi) is 3.75. The number of thioether (sulfide) groups is 1. The monoisotopic (exact) mass is 333 g/mol. The molecule has 0 aliphatic heterocycles. The minimum atomic E-state index is -0.165. The first-order chi connectivity index (χ1) is 11.0. The van der Waals surface area contributed by atoms with Crippen LogP contribution in [-0.4, -0.2) is 27.2 Å². The normalized spacial score (nSPS) is 34.6. The number of hydrogen-bond donors (Lipinski definition) is 2. The van der Waals surface area contributed by atoms with E-state index in [-0.39, 0.29) is 17.0 Å². The van der Waals surface area contributed by atoms with Gasteiger partial charge >= 0.3 is 0 Å². The Bertz CT molecular complexity index is 649. The molecule has 1 amide bonds. The van der Waals surface area contributed by atoms with Crippen molar-refractivity contribution in [2.45, 2.75) is 56.1 Å². The van der Waals surface area contributed by atoms with E-state index in [0.29, 0.717) is 16.6 Å². The molecule has 0 radical (unpaired) electrons. The van der Waals surface area contributed by atoms with E-state index < -0.39 is 0 Å². The van der Waals surface area contributed by atoms with E-state index in [9.17, 15) is 9.59 Å². The number of rotatable bonds is 4. The molecule has 1 aromatic heterocycles. The molecule has 1 aromatic rings. The van der Waals surface area contributed by atoms with Gasteiger partial charge in [-0.15, -0.1) is 0 Å². The fourth-order valence-corrected chi connectivity index (χ4v) is 6.07. The summed E-state index contributed by atoms with van der Waals surface area (Å²) in [7, 11) is 0. The van der Waals surface area contributed by atoms with Gasteiger partial charge in [-0.2, -0.15) is 0 Å². The number of carbonyl (C=O) groups is 1. The molecule has 1 heterocycles. The van der Waals surface area contributed by atoms with Gasteiger partial charge in [0.1, 0.15) is 0 Å². The Morgan fingerprint density at radius 3 is 2.48 bits per heavy atom. The van der Waals surface area contributed by atoms with Crippen molar-refractivity contribution in [1.29, 1.82) is 0 Å². The van der Waals surface area contributed by atoms with Crippen LogP contribution in [0.4, 0.5) is 0 Å². The Balaban J connectivity index is 1.38. The maximum atomic E-state index is 12.4. The zero-order valence-corrected chi connectivity index (χ0v) is 14.2. The van der Waals surface area contributed by atoms with Crippen LogP contribution in [0.25, 0.3) is 0 Å².